The molecule has 2 heterocycles. The van der Waals surface area contributed by atoms with Gasteiger partial charge in [0.1, 0.15) is 0 Å². The first-order valence-corrected chi connectivity index (χ1v) is 6.55. The second-order valence-electron chi connectivity index (χ2n) is 6.36. The van der Waals surface area contributed by atoms with Crippen LogP contribution >= 0.6 is 0 Å². The lowest BCUT2D eigenvalue weighted by atomic mass is 9.82. The van der Waals surface area contributed by atoms with Crippen LogP contribution in [0.4, 0.5) is 0 Å². The molecular weight excluding hydrogens is 227 g/mol. The van der Waals surface area contributed by atoms with Crippen molar-refractivity contribution >= 4 is 12.7 Å². The van der Waals surface area contributed by atoms with Gasteiger partial charge >= 0.3 is 7.12 Å². The Morgan fingerprint density at radius 2 is 1.67 bits per heavy atom. The minimum Gasteiger partial charge on any atom is -0.398 e. The van der Waals surface area contributed by atoms with Gasteiger partial charge in [-0.1, -0.05) is 0 Å². The van der Waals surface area contributed by atoms with E-state index in [0.29, 0.717) is 6.04 Å². The highest BCUT2D eigenvalue weighted by Gasteiger charge is 2.53. The summed E-state index contributed by atoms with van der Waals surface area (Å²) in [7, 11) is -0.366. The van der Waals surface area contributed by atoms with Crippen LogP contribution in [0, 0.1) is 6.92 Å². The number of hydrogen-bond donors (Lipinski definition) is 0. The molecule has 0 atom stereocenters. The van der Waals surface area contributed by atoms with Crippen LogP contribution < -0.4 is 5.59 Å². The highest BCUT2D eigenvalue weighted by atomic mass is 16.7. The van der Waals surface area contributed by atoms with Gasteiger partial charge in [0.25, 0.3) is 0 Å². The summed E-state index contributed by atoms with van der Waals surface area (Å²) < 4.78 is 14.0. The third-order valence-electron chi connectivity index (χ3n) is 3.96. The molecule has 0 saturated carbocycles. The molecule has 0 spiro atoms. The van der Waals surface area contributed by atoms with E-state index in [1.165, 1.54) is 0 Å². The molecule has 0 amide bonds. The Kier molecular flexibility index (Phi) is 3.10. The van der Waals surface area contributed by atoms with Crippen LogP contribution in [0.15, 0.2) is 6.20 Å². The lowest BCUT2D eigenvalue weighted by molar-refractivity contribution is 0.00578. The molecule has 2 rings (SSSR count). The molecular formula is C13H23BN2O2. The van der Waals surface area contributed by atoms with E-state index in [1.807, 2.05) is 17.8 Å². The van der Waals surface area contributed by atoms with Gasteiger partial charge in [-0.2, -0.15) is 5.10 Å². The zero-order valence-electron chi connectivity index (χ0n) is 12.4. The second-order valence-corrected chi connectivity index (χ2v) is 6.36. The van der Waals surface area contributed by atoms with E-state index < -0.39 is 0 Å². The summed E-state index contributed by atoms with van der Waals surface area (Å²) in [6, 6.07) is 0.347. The number of aromatic nitrogens is 2. The zero-order valence-corrected chi connectivity index (χ0v) is 12.4. The Labute approximate surface area is 110 Å². The predicted molar refractivity (Wildman–Crippen MR) is 73.1 cm³/mol. The van der Waals surface area contributed by atoms with Crippen molar-refractivity contribution in [3.8, 4) is 0 Å². The highest BCUT2D eigenvalue weighted by molar-refractivity contribution is 6.61. The molecule has 0 aromatic carbocycles. The van der Waals surface area contributed by atoms with Crippen LogP contribution in [0.25, 0.3) is 0 Å². The molecule has 5 heteroatoms. The van der Waals surface area contributed by atoms with Crippen LogP contribution in [0.3, 0.4) is 0 Å². The molecule has 1 aromatic rings. The Hall–Kier alpha value is -0.805. The van der Waals surface area contributed by atoms with Crippen molar-refractivity contribution in [2.75, 3.05) is 0 Å². The fraction of sp³-hybridized carbons (Fsp3) is 0.769. The van der Waals surface area contributed by atoms with Gasteiger partial charge in [0, 0.05) is 12.2 Å². The quantitative estimate of drug-likeness (QED) is 0.754. The number of aryl methyl sites for hydroxylation is 1. The van der Waals surface area contributed by atoms with E-state index in [9.17, 15) is 0 Å². The van der Waals surface area contributed by atoms with E-state index in [1.54, 1.807) is 0 Å². The van der Waals surface area contributed by atoms with E-state index in [0.717, 1.165) is 11.2 Å². The minimum atomic E-state index is -0.366. The third kappa shape index (κ3) is 2.10. The average molecular weight is 250 g/mol. The SMILES string of the molecule is Cc1cn(C(C)C)nc1B1OC(C)(C)C(C)(C)O1. The van der Waals surface area contributed by atoms with Crippen LogP contribution in [0.5, 0.6) is 0 Å². The number of rotatable bonds is 2. The van der Waals surface area contributed by atoms with Gasteiger partial charge in [-0.05, 0) is 54.0 Å². The molecule has 1 saturated heterocycles. The van der Waals surface area contributed by atoms with Crippen LogP contribution in [0.1, 0.15) is 53.1 Å². The Morgan fingerprint density at radius 1 is 1.17 bits per heavy atom. The van der Waals surface area contributed by atoms with E-state index >= 15 is 0 Å². The molecule has 100 valence electrons. The van der Waals surface area contributed by atoms with Gasteiger partial charge in [-0.3, -0.25) is 4.68 Å². The Bertz CT molecular complexity index is 436. The van der Waals surface area contributed by atoms with Gasteiger partial charge in [0.15, 0.2) is 0 Å². The zero-order chi connectivity index (χ0) is 13.7. The largest absolute Gasteiger partial charge is 0.516 e. The molecule has 0 unspecified atom stereocenters. The Morgan fingerprint density at radius 3 is 2.06 bits per heavy atom. The topological polar surface area (TPSA) is 36.3 Å². The van der Waals surface area contributed by atoms with Gasteiger partial charge in [0.2, 0.25) is 0 Å². The van der Waals surface area contributed by atoms with Crippen molar-refractivity contribution in [2.24, 2.45) is 0 Å². The lowest BCUT2D eigenvalue weighted by Crippen LogP contribution is -2.41. The van der Waals surface area contributed by atoms with Gasteiger partial charge in [-0.25, -0.2) is 0 Å². The summed E-state index contributed by atoms with van der Waals surface area (Å²) in [4.78, 5) is 0. The van der Waals surface area contributed by atoms with Crippen molar-refractivity contribution in [2.45, 2.75) is 65.7 Å². The van der Waals surface area contributed by atoms with Gasteiger partial charge in [-0.15, -0.1) is 0 Å². The van der Waals surface area contributed by atoms with Crippen LogP contribution in [-0.2, 0) is 9.31 Å². The molecule has 0 aliphatic carbocycles. The molecule has 18 heavy (non-hydrogen) atoms. The molecule has 0 N–H and O–H groups in total. The summed E-state index contributed by atoms with van der Waals surface area (Å²) in [5.74, 6) is 0. The first kappa shape index (κ1) is 13.6. The first-order valence-electron chi connectivity index (χ1n) is 6.55. The second kappa shape index (κ2) is 4.10. The highest BCUT2D eigenvalue weighted by Crippen LogP contribution is 2.36. The summed E-state index contributed by atoms with van der Waals surface area (Å²) in [6.45, 7) is 14.5. The predicted octanol–water partition coefficient (Wildman–Crippen LogP) is 2.07. The summed E-state index contributed by atoms with van der Waals surface area (Å²) in [5, 5.41) is 4.59. The van der Waals surface area contributed by atoms with Crippen molar-refractivity contribution in [3.05, 3.63) is 11.8 Å². The molecule has 1 fully saturated rings. The van der Waals surface area contributed by atoms with Crippen molar-refractivity contribution in [1.29, 1.82) is 0 Å². The van der Waals surface area contributed by atoms with Crippen LogP contribution in [-0.4, -0.2) is 28.1 Å². The monoisotopic (exact) mass is 250 g/mol. The molecule has 0 radical (unpaired) electrons. The molecule has 1 aliphatic heterocycles. The molecule has 1 aromatic heterocycles. The normalized spacial score (nSPS) is 21.9. The summed E-state index contributed by atoms with van der Waals surface area (Å²) in [5.41, 5.74) is 1.38. The van der Waals surface area contributed by atoms with Crippen molar-refractivity contribution < 1.29 is 9.31 Å². The van der Waals surface area contributed by atoms with E-state index in [4.69, 9.17) is 9.31 Å². The summed E-state index contributed by atoms with van der Waals surface area (Å²) >= 11 is 0. The van der Waals surface area contributed by atoms with Crippen LogP contribution in [0.2, 0.25) is 0 Å². The maximum atomic E-state index is 6.03. The van der Waals surface area contributed by atoms with E-state index in [-0.39, 0.29) is 18.3 Å². The number of hydrogen-bond acceptors (Lipinski definition) is 3. The molecule has 0 bridgehead atoms. The maximum absolute atomic E-state index is 6.03. The first-order chi connectivity index (χ1) is 8.14. The minimum absolute atomic E-state index is 0.314. The fourth-order valence-corrected chi connectivity index (χ4v) is 1.95. The third-order valence-corrected chi connectivity index (χ3v) is 3.96. The van der Waals surface area contributed by atoms with E-state index in [2.05, 4.69) is 46.6 Å². The fourth-order valence-electron chi connectivity index (χ4n) is 1.95. The Balaban J connectivity index is 2.30. The maximum Gasteiger partial charge on any atom is 0.516 e. The smallest absolute Gasteiger partial charge is 0.398 e. The lowest BCUT2D eigenvalue weighted by Gasteiger charge is -2.32. The van der Waals surface area contributed by atoms with Crippen molar-refractivity contribution in [1.82, 2.24) is 9.78 Å². The average Bonchev–Trinajstić information content (AvgIpc) is 2.66. The van der Waals surface area contributed by atoms with Gasteiger partial charge < -0.3 is 9.31 Å². The van der Waals surface area contributed by atoms with Gasteiger partial charge in [0.05, 0.1) is 16.8 Å². The standard InChI is InChI=1S/C13H23BN2O2/c1-9(2)16-8-10(3)11(15-16)14-17-12(4,5)13(6,7)18-14/h8-9H,1-7H3. The molecule has 4 nitrogen and oxygen atoms in total. The van der Waals surface area contributed by atoms with Crippen molar-refractivity contribution in [3.63, 3.8) is 0 Å². The summed E-state index contributed by atoms with van der Waals surface area (Å²) in [6.07, 6.45) is 2.05. The molecule has 1 aliphatic rings. The number of nitrogens with zero attached hydrogens (tertiary/aromatic N) is 2.